The van der Waals surface area contributed by atoms with Gasteiger partial charge in [0.2, 0.25) is 11.5 Å². The maximum Gasteiger partial charge on any atom is 0.203 e. The van der Waals surface area contributed by atoms with Crippen LogP contribution < -0.4 is 28.4 Å². The van der Waals surface area contributed by atoms with E-state index in [9.17, 15) is 5.11 Å². The van der Waals surface area contributed by atoms with E-state index in [0.29, 0.717) is 40.9 Å². The zero-order valence-corrected chi connectivity index (χ0v) is 19.1. The summed E-state index contributed by atoms with van der Waals surface area (Å²) >= 11 is 3.63. The molecular formula is C21H27BrO7. The zero-order valence-electron chi connectivity index (χ0n) is 17.5. The van der Waals surface area contributed by atoms with Crippen LogP contribution in [0.5, 0.6) is 34.5 Å². The molecule has 160 valence electrons. The summed E-state index contributed by atoms with van der Waals surface area (Å²) < 4.78 is 33.8. The number of ether oxygens (including phenoxy) is 6. The minimum Gasteiger partial charge on any atom is -0.493 e. The summed E-state index contributed by atoms with van der Waals surface area (Å²) in [5.74, 6) is 2.83. The van der Waals surface area contributed by atoms with Crippen molar-refractivity contribution in [1.82, 2.24) is 0 Å². The van der Waals surface area contributed by atoms with Crippen LogP contribution in [-0.2, 0) is 0 Å². The van der Waals surface area contributed by atoms with E-state index in [0.717, 1.165) is 15.6 Å². The summed E-state index contributed by atoms with van der Waals surface area (Å²) in [6.07, 6.45) is 0.434. The lowest BCUT2D eigenvalue weighted by molar-refractivity contribution is 0.278. The van der Waals surface area contributed by atoms with Gasteiger partial charge in [-0.3, -0.25) is 0 Å². The van der Waals surface area contributed by atoms with Crippen LogP contribution in [0.4, 0.5) is 0 Å². The molecule has 29 heavy (non-hydrogen) atoms. The fourth-order valence-corrected chi connectivity index (χ4v) is 4.05. The molecule has 2 aromatic rings. The standard InChI is InChI=1S/C21H27BrO7/c1-24-15-9-12(10-16(25-2)19(15)27-4)13(7-8-23)18-14(22)11-17(26-3)20(28-5)21(18)29-6/h9-11,13,23H,7-8H2,1-6H3/t13-/m1/s1. The number of benzene rings is 2. The predicted octanol–water partition coefficient (Wildman–Crippen LogP) is 4.02. The lowest BCUT2D eigenvalue weighted by Gasteiger charge is -2.25. The molecule has 0 heterocycles. The van der Waals surface area contributed by atoms with Crippen molar-refractivity contribution in [3.8, 4) is 34.5 Å². The SMILES string of the molecule is COc1cc([C@@H](CCO)c2c(Br)cc(OC)c(OC)c2OC)cc(OC)c1OC. The Hall–Kier alpha value is -2.32. The first-order chi connectivity index (χ1) is 14.0. The smallest absolute Gasteiger partial charge is 0.203 e. The van der Waals surface area contributed by atoms with Crippen molar-refractivity contribution in [3.05, 3.63) is 33.8 Å². The Labute approximate surface area is 179 Å². The number of methoxy groups -OCH3 is 6. The predicted molar refractivity (Wildman–Crippen MR) is 113 cm³/mol. The highest BCUT2D eigenvalue weighted by atomic mass is 79.9. The highest BCUT2D eigenvalue weighted by Crippen LogP contribution is 2.50. The molecule has 0 bridgehead atoms. The zero-order chi connectivity index (χ0) is 21.6. The summed E-state index contributed by atoms with van der Waals surface area (Å²) in [4.78, 5) is 0. The summed E-state index contributed by atoms with van der Waals surface area (Å²) in [5.41, 5.74) is 1.67. The molecule has 0 saturated heterocycles. The van der Waals surface area contributed by atoms with Gasteiger partial charge in [0.05, 0.1) is 42.7 Å². The molecule has 2 rings (SSSR count). The first-order valence-corrected chi connectivity index (χ1v) is 9.69. The fraction of sp³-hybridized carbons (Fsp3) is 0.429. The number of aliphatic hydroxyl groups is 1. The van der Waals surface area contributed by atoms with Gasteiger partial charge >= 0.3 is 0 Å². The van der Waals surface area contributed by atoms with Crippen LogP contribution in [0.3, 0.4) is 0 Å². The van der Waals surface area contributed by atoms with E-state index in [-0.39, 0.29) is 12.5 Å². The Morgan fingerprint density at radius 3 is 1.62 bits per heavy atom. The number of hydrogen-bond acceptors (Lipinski definition) is 7. The Balaban J connectivity index is 2.79. The average molecular weight is 471 g/mol. The van der Waals surface area contributed by atoms with Crippen molar-refractivity contribution in [1.29, 1.82) is 0 Å². The molecule has 0 spiro atoms. The topological polar surface area (TPSA) is 75.6 Å². The van der Waals surface area contributed by atoms with Gasteiger partial charge in [0.25, 0.3) is 0 Å². The number of aliphatic hydroxyl groups excluding tert-OH is 1. The molecule has 2 aromatic carbocycles. The van der Waals surface area contributed by atoms with Crippen LogP contribution in [-0.4, -0.2) is 54.4 Å². The molecule has 0 aliphatic carbocycles. The van der Waals surface area contributed by atoms with Crippen molar-refractivity contribution in [2.75, 3.05) is 49.3 Å². The van der Waals surface area contributed by atoms with E-state index >= 15 is 0 Å². The summed E-state index contributed by atoms with van der Waals surface area (Å²) in [5, 5.41) is 9.80. The van der Waals surface area contributed by atoms with E-state index < -0.39 is 0 Å². The lowest BCUT2D eigenvalue weighted by atomic mass is 9.87. The third kappa shape index (κ3) is 4.48. The summed E-state index contributed by atoms with van der Waals surface area (Å²) in [6, 6.07) is 5.55. The molecule has 7 nitrogen and oxygen atoms in total. The third-order valence-electron chi connectivity index (χ3n) is 4.67. The molecule has 1 atom stereocenters. The molecule has 0 aliphatic heterocycles. The van der Waals surface area contributed by atoms with Crippen LogP contribution in [0.1, 0.15) is 23.5 Å². The van der Waals surface area contributed by atoms with E-state index in [1.54, 1.807) is 42.7 Å². The Kier molecular flexibility index (Phi) is 8.28. The van der Waals surface area contributed by atoms with Gasteiger partial charge < -0.3 is 33.5 Å². The Morgan fingerprint density at radius 2 is 1.21 bits per heavy atom. The largest absolute Gasteiger partial charge is 0.493 e. The lowest BCUT2D eigenvalue weighted by Crippen LogP contribution is -2.09. The monoisotopic (exact) mass is 470 g/mol. The van der Waals surface area contributed by atoms with Crippen LogP contribution in [0, 0.1) is 0 Å². The second-order valence-electron chi connectivity index (χ2n) is 6.06. The van der Waals surface area contributed by atoms with Gasteiger partial charge in [0.15, 0.2) is 23.0 Å². The molecule has 8 heteroatoms. The van der Waals surface area contributed by atoms with Gasteiger partial charge in [-0.2, -0.15) is 0 Å². The minimum absolute atomic E-state index is 0.0364. The van der Waals surface area contributed by atoms with Crippen LogP contribution in [0.25, 0.3) is 0 Å². The molecule has 0 aromatic heterocycles. The van der Waals surface area contributed by atoms with Crippen molar-refractivity contribution >= 4 is 15.9 Å². The van der Waals surface area contributed by atoms with Gasteiger partial charge in [-0.05, 0) is 30.2 Å². The highest BCUT2D eigenvalue weighted by molar-refractivity contribution is 9.10. The molecule has 0 saturated carbocycles. The summed E-state index contributed by atoms with van der Waals surface area (Å²) in [7, 11) is 9.37. The quantitative estimate of drug-likeness (QED) is 0.561. The van der Waals surface area contributed by atoms with Crippen LogP contribution in [0.2, 0.25) is 0 Å². The first kappa shape index (κ1) is 23.0. The summed E-state index contributed by atoms with van der Waals surface area (Å²) in [6.45, 7) is -0.0364. The normalized spacial score (nSPS) is 11.6. The average Bonchev–Trinajstić information content (AvgIpc) is 2.75. The second kappa shape index (κ2) is 10.5. The van der Waals surface area contributed by atoms with Crippen molar-refractivity contribution in [2.45, 2.75) is 12.3 Å². The van der Waals surface area contributed by atoms with E-state index in [1.807, 2.05) is 18.2 Å². The Bertz CT molecular complexity index is 813. The van der Waals surface area contributed by atoms with Gasteiger partial charge in [-0.1, -0.05) is 15.9 Å². The third-order valence-corrected chi connectivity index (χ3v) is 5.33. The molecule has 0 radical (unpaired) electrons. The molecule has 0 amide bonds. The van der Waals surface area contributed by atoms with E-state index in [4.69, 9.17) is 28.4 Å². The maximum absolute atomic E-state index is 9.80. The molecule has 0 aliphatic rings. The molecule has 1 N–H and O–H groups in total. The molecule has 0 unspecified atom stereocenters. The first-order valence-electron chi connectivity index (χ1n) is 8.90. The van der Waals surface area contributed by atoms with Crippen molar-refractivity contribution in [3.63, 3.8) is 0 Å². The Morgan fingerprint density at radius 1 is 0.724 bits per heavy atom. The van der Waals surface area contributed by atoms with Gasteiger partial charge in [0.1, 0.15) is 0 Å². The fourth-order valence-electron chi connectivity index (χ4n) is 3.38. The molecule has 0 fully saturated rings. The van der Waals surface area contributed by atoms with E-state index in [1.165, 1.54) is 0 Å². The van der Waals surface area contributed by atoms with Gasteiger partial charge in [-0.15, -0.1) is 0 Å². The van der Waals surface area contributed by atoms with Crippen molar-refractivity contribution < 1.29 is 33.5 Å². The number of halogens is 1. The van der Waals surface area contributed by atoms with Gasteiger partial charge in [-0.25, -0.2) is 0 Å². The number of rotatable bonds is 10. The van der Waals surface area contributed by atoms with Crippen molar-refractivity contribution in [2.24, 2.45) is 0 Å². The number of hydrogen-bond donors (Lipinski definition) is 1. The minimum atomic E-state index is -0.252. The second-order valence-corrected chi connectivity index (χ2v) is 6.92. The van der Waals surface area contributed by atoms with Gasteiger partial charge in [0, 0.05) is 22.6 Å². The highest BCUT2D eigenvalue weighted by Gasteiger charge is 2.28. The van der Waals surface area contributed by atoms with E-state index in [2.05, 4.69) is 15.9 Å². The van der Waals surface area contributed by atoms with Crippen LogP contribution in [0.15, 0.2) is 22.7 Å². The molecular weight excluding hydrogens is 444 g/mol. The maximum atomic E-state index is 9.80. The van der Waals surface area contributed by atoms with Crippen LogP contribution >= 0.6 is 15.9 Å².